The molecule has 1 atom stereocenters. The van der Waals surface area contributed by atoms with E-state index in [-0.39, 0.29) is 11.8 Å². The molecule has 3 rings (SSSR count). The SMILES string of the molecule is CNC(=O)C(Cc1ccccc1)N(Cc1ccc(Cl)cc1)C(=O)CSCc1cc(C)cc(C)c1. The van der Waals surface area contributed by atoms with Crippen LogP contribution in [0.25, 0.3) is 0 Å². The Bertz CT molecular complexity index is 1080. The number of likely N-dealkylation sites (N-methyl/N-ethyl adjacent to an activating group) is 1. The molecular formula is C28H31ClN2O2S. The number of halogens is 1. The van der Waals surface area contributed by atoms with Gasteiger partial charge in [0, 0.05) is 30.8 Å². The zero-order chi connectivity index (χ0) is 24.5. The lowest BCUT2D eigenvalue weighted by Gasteiger charge is -2.31. The number of hydrogen-bond donors (Lipinski definition) is 1. The first-order chi connectivity index (χ1) is 16.4. The van der Waals surface area contributed by atoms with Crippen molar-refractivity contribution in [3.63, 3.8) is 0 Å². The van der Waals surface area contributed by atoms with E-state index < -0.39 is 6.04 Å². The Labute approximate surface area is 211 Å². The molecule has 0 radical (unpaired) electrons. The number of carbonyl (C=O) groups excluding carboxylic acids is 2. The summed E-state index contributed by atoms with van der Waals surface area (Å²) < 4.78 is 0. The Morgan fingerprint density at radius 1 is 0.912 bits per heavy atom. The minimum atomic E-state index is -0.614. The fourth-order valence-corrected chi connectivity index (χ4v) is 4.97. The number of carbonyl (C=O) groups is 2. The first-order valence-electron chi connectivity index (χ1n) is 11.3. The molecule has 6 heteroatoms. The van der Waals surface area contributed by atoms with Crippen LogP contribution >= 0.6 is 23.4 Å². The summed E-state index contributed by atoms with van der Waals surface area (Å²) in [5, 5.41) is 3.39. The average Bonchev–Trinajstić information content (AvgIpc) is 2.82. The molecule has 0 spiro atoms. The second-order valence-corrected chi connectivity index (χ2v) is 9.88. The number of nitrogens with one attached hydrogen (secondary N) is 1. The third-order valence-electron chi connectivity index (χ3n) is 5.56. The molecule has 34 heavy (non-hydrogen) atoms. The molecule has 1 unspecified atom stereocenters. The van der Waals surface area contributed by atoms with E-state index in [2.05, 4.69) is 37.4 Å². The third kappa shape index (κ3) is 7.64. The molecule has 178 valence electrons. The maximum absolute atomic E-state index is 13.5. The van der Waals surface area contributed by atoms with Gasteiger partial charge in [0.1, 0.15) is 6.04 Å². The van der Waals surface area contributed by atoms with E-state index in [9.17, 15) is 9.59 Å². The third-order valence-corrected chi connectivity index (χ3v) is 6.80. The molecule has 0 heterocycles. The van der Waals surface area contributed by atoms with Crippen molar-refractivity contribution < 1.29 is 9.59 Å². The number of rotatable bonds is 10. The van der Waals surface area contributed by atoms with Crippen molar-refractivity contribution in [1.29, 1.82) is 0 Å². The number of hydrogen-bond acceptors (Lipinski definition) is 3. The number of aryl methyl sites for hydroxylation is 2. The summed E-state index contributed by atoms with van der Waals surface area (Å²) in [5.41, 5.74) is 5.57. The Balaban J connectivity index is 1.80. The molecule has 0 bridgehead atoms. The summed E-state index contributed by atoms with van der Waals surface area (Å²) in [6.45, 7) is 4.50. The molecule has 0 saturated carbocycles. The number of nitrogens with zero attached hydrogens (tertiary/aromatic N) is 1. The molecule has 0 aliphatic carbocycles. The summed E-state index contributed by atoms with van der Waals surface area (Å²) in [6.07, 6.45) is 0.446. The maximum atomic E-state index is 13.5. The number of benzene rings is 3. The van der Waals surface area contributed by atoms with Crippen LogP contribution in [0.1, 0.15) is 27.8 Å². The second-order valence-electron chi connectivity index (χ2n) is 8.46. The van der Waals surface area contributed by atoms with E-state index in [4.69, 9.17) is 11.6 Å². The van der Waals surface area contributed by atoms with E-state index >= 15 is 0 Å². The first kappa shape index (κ1) is 25.9. The van der Waals surface area contributed by atoms with Crippen LogP contribution in [-0.4, -0.2) is 35.6 Å². The standard InChI is InChI=1S/C28H31ClN2O2S/c1-20-13-21(2)15-24(14-20)18-34-19-27(32)31(17-23-9-11-25(29)12-10-23)26(28(33)30-3)16-22-7-5-4-6-8-22/h4-15,26H,16-19H2,1-3H3,(H,30,33). The number of amides is 2. The van der Waals surface area contributed by atoms with Crippen LogP contribution in [0.15, 0.2) is 72.8 Å². The second kappa shape index (κ2) is 12.6. The first-order valence-corrected chi connectivity index (χ1v) is 12.8. The van der Waals surface area contributed by atoms with Crippen LogP contribution in [0.4, 0.5) is 0 Å². The number of thioether (sulfide) groups is 1. The predicted octanol–water partition coefficient (Wildman–Crippen LogP) is 5.58. The molecule has 2 amide bonds. The minimum absolute atomic E-state index is 0.0612. The van der Waals surface area contributed by atoms with E-state index in [1.807, 2.05) is 42.5 Å². The Morgan fingerprint density at radius 2 is 1.56 bits per heavy atom. The van der Waals surface area contributed by atoms with Crippen molar-refractivity contribution in [3.8, 4) is 0 Å². The fourth-order valence-electron chi connectivity index (χ4n) is 4.00. The van der Waals surface area contributed by atoms with Gasteiger partial charge in [0.2, 0.25) is 11.8 Å². The average molecular weight is 495 g/mol. The quantitative estimate of drug-likeness (QED) is 0.400. The predicted molar refractivity (Wildman–Crippen MR) is 142 cm³/mol. The fraction of sp³-hybridized carbons (Fsp3) is 0.286. The smallest absolute Gasteiger partial charge is 0.242 e. The van der Waals surface area contributed by atoms with Gasteiger partial charge in [-0.15, -0.1) is 11.8 Å². The molecule has 1 N–H and O–H groups in total. The maximum Gasteiger partial charge on any atom is 0.242 e. The van der Waals surface area contributed by atoms with Gasteiger partial charge in [-0.1, -0.05) is 83.4 Å². The van der Waals surface area contributed by atoms with Crippen molar-refractivity contribution in [1.82, 2.24) is 10.2 Å². The topological polar surface area (TPSA) is 49.4 Å². The summed E-state index contributed by atoms with van der Waals surface area (Å²) in [6, 6.07) is 23.0. The van der Waals surface area contributed by atoms with Gasteiger partial charge in [-0.3, -0.25) is 9.59 Å². The van der Waals surface area contributed by atoms with Gasteiger partial charge in [0.25, 0.3) is 0 Å². The largest absolute Gasteiger partial charge is 0.357 e. The lowest BCUT2D eigenvalue weighted by atomic mass is 10.0. The van der Waals surface area contributed by atoms with Crippen molar-refractivity contribution in [2.45, 2.75) is 38.6 Å². The van der Waals surface area contributed by atoms with Crippen molar-refractivity contribution in [3.05, 3.63) is 106 Å². The zero-order valence-corrected chi connectivity index (χ0v) is 21.5. The molecular weight excluding hydrogens is 464 g/mol. The van der Waals surface area contributed by atoms with Crippen LogP contribution in [0.2, 0.25) is 5.02 Å². The van der Waals surface area contributed by atoms with Crippen LogP contribution < -0.4 is 5.32 Å². The highest BCUT2D eigenvalue weighted by Gasteiger charge is 2.29. The zero-order valence-electron chi connectivity index (χ0n) is 19.9. The van der Waals surface area contributed by atoms with Gasteiger partial charge >= 0.3 is 0 Å². The van der Waals surface area contributed by atoms with Crippen LogP contribution in [-0.2, 0) is 28.3 Å². The highest BCUT2D eigenvalue weighted by Crippen LogP contribution is 2.20. The lowest BCUT2D eigenvalue weighted by Crippen LogP contribution is -2.50. The molecule has 3 aromatic carbocycles. The van der Waals surface area contributed by atoms with Crippen molar-refractivity contribution in [2.75, 3.05) is 12.8 Å². The normalized spacial score (nSPS) is 11.6. The lowest BCUT2D eigenvalue weighted by molar-refractivity contribution is -0.139. The molecule has 0 fully saturated rings. The Morgan fingerprint density at radius 3 is 2.18 bits per heavy atom. The van der Waals surface area contributed by atoms with Gasteiger partial charge in [-0.2, -0.15) is 0 Å². The molecule has 4 nitrogen and oxygen atoms in total. The van der Waals surface area contributed by atoms with E-state index in [1.165, 1.54) is 16.7 Å². The van der Waals surface area contributed by atoms with Gasteiger partial charge in [0.05, 0.1) is 5.75 Å². The van der Waals surface area contributed by atoms with E-state index in [0.29, 0.717) is 23.7 Å². The summed E-state index contributed by atoms with van der Waals surface area (Å²) in [4.78, 5) is 28.1. The summed E-state index contributed by atoms with van der Waals surface area (Å²) in [7, 11) is 1.61. The monoisotopic (exact) mass is 494 g/mol. The highest BCUT2D eigenvalue weighted by atomic mass is 35.5. The van der Waals surface area contributed by atoms with Crippen LogP contribution in [0, 0.1) is 13.8 Å². The molecule has 0 aromatic heterocycles. The molecule has 0 aliphatic heterocycles. The van der Waals surface area contributed by atoms with Crippen molar-refractivity contribution >= 4 is 35.2 Å². The summed E-state index contributed by atoms with van der Waals surface area (Å²) >= 11 is 7.63. The highest BCUT2D eigenvalue weighted by molar-refractivity contribution is 7.99. The van der Waals surface area contributed by atoms with E-state index in [1.54, 1.807) is 35.8 Å². The molecule has 3 aromatic rings. The van der Waals surface area contributed by atoms with Gasteiger partial charge in [0.15, 0.2) is 0 Å². The van der Waals surface area contributed by atoms with Crippen molar-refractivity contribution in [2.24, 2.45) is 0 Å². The van der Waals surface area contributed by atoms with Crippen LogP contribution in [0.5, 0.6) is 0 Å². The minimum Gasteiger partial charge on any atom is -0.357 e. The van der Waals surface area contributed by atoms with Crippen LogP contribution in [0.3, 0.4) is 0 Å². The Hall–Kier alpha value is -2.76. The molecule has 0 saturated heterocycles. The van der Waals surface area contributed by atoms with Gasteiger partial charge in [-0.05, 0) is 42.7 Å². The van der Waals surface area contributed by atoms with Gasteiger partial charge < -0.3 is 10.2 Å². The summed E-state index contributed by atoms with van der Waals surface area (Å²) in [5.74, 6) is 0.800. The van der Waals surface area contributed by atoms with E-state index in [0.717, 1.165) is 16.9 Å². The molecule has 0 aliphatic rings. The van der Waals surface area contributed by atoms with Gasteiger partial charge in [-0.25, -0.2) is 0 Å². The Kier molecular flexibility index (Phi) is 9.61.